The van der Waals surface area contributed by atoms with Crippen LogP contribution in [0.1, 0.15) is 74.6 Å². The molecular weight excluding hydrogens is 330 g/mol. The van der Waals surface area contributed by atoms with E-state index in [1.54, 1.807) is 5.56 Å². The van der Waals surface area contributed by atoms with Crippen molar-refractivity contribution < 1.29 is 0 Å². The van der Waals surface area contributed by atoms with E-state index in [1.165, 1.54) is 60.0 Å². The third-order valence-corrected chi connectivity index (χ3v) is 6.41. The van der Waals surface area contributed by atoms with Crippen LogP contribution in [-0.2, 0) is 6.54 Å². The number of aryl methyl sites for hydroxylation is 1. The van der Waals surface area contributed by atoms with Crippen molar-refractivity contribution in [3.63, 3.8) is 0 Å². The fourth-order valence-electron chi connectivity index (χ4n) is 5.11. The van der Waals surface area contributed by atoms with E-state index in [0.717, 1.165) is 24.9 Å². The van der Waals surface area contributed by atoms with Gasteiger partial charge in [-0.3, -0.25) is 4.99 Å². The van der Waals surface area contributed by atoms with Crippen LogP contribution in [0.2, 0.25) is 0 Å². The lowest BCUT2D eigenvalue weighted by atomic mass is 9.81. The first-order chi connectivity index (χ1) is 13.2. The van der Waals surface area contributed by atoms with Gasteiger partial charge in [-0.05, 0) is 55.7 Å². The number of aliphatic imine (C=N–C) groups is 1. The van der Waals surface area contributed by atoms with Gasteiger partial charge in [0.1, 0.15) is 0 Å². The van der Waals surface area contributed by atoms with Crippen LogP contribution in [0.4, 0.5) is 0 Å². The van der Waals surface area contributed by atoms with Crippen LogP contribution in [0.5, 0.6) is 0 Å². The number of aromatic nitrogens is 1. The van der Waals surface area contributed by atoms with Crippen molar-refractivity contribution in [1.82, 2.24) is 4.57 Å². The quantitative estimate of drug-likeness (QED) is 0.712. The SMILES string of the molecule is C=C(N)c1ccc2c(C3CCCCC3)c3n(c2c1)CCCC(=NC)/C3=C\C. The molecule has 1 aromatic heterocycles. The first-order valence-electron chi connectivity index (χ1n) is 10.4. The van der Waals surface area contributed by atoms with Crippen LogP contribution in [-0.4, -0.2) is 17.3 Å². The predicted octanol–water partition coefficient (Wildman–Crippen LogP) is 5.89. The zero-order valence-electron chi connectivity index (χ0n) is 16.7. The second kappa shape index (κ2) is 7.38. The first kappa shape index (κ1) is 18.1. The van der Waals surface area contributed by atoms with Gasteiger partial charge >= 0.3 is 0 Å². The molecule has 2 N–H and O–H groups in total. The molecule has 4 rings (SSSR count). The molecule has 0 spiro atoms. The lowest BCUT2D eigenvalue weighted by Crippen LogP contribution is -2.10. The Balaban J connectivity index is 2.04. The maximum absolute atomic E-state index is 6.02. The number of nitrogens with two attached hydrogens (primary N) is 1. The minimum absolute atomic E-state index is 0.641. The highest BCUT2D eigenvalue weighted by Gasteiger charge is 2.29. The number of benzene rings is 1. The van der Waals surface area contributed by atoms with E-state index in [4.69, 9.17) is 5.73 Å². The molecule has 27 heavy (non-hydrogen) atoms. The smallest absolute Gasteiger partial charge is 0.0541 e. The number of allylic oxidation sites excluding steroid dienone is 2. The van der Waals surface area contributed by atoms with Gasteiger partial charge in [0, 0.05) is 41.5 Å². The van der Waals surface area contributed by atoms with Crippen LogP contribution in [0.15, 0.2) is 35.8 Å². The van der Waals surface area contributed by atoms with Crippen LogP contribution in [0.3, 0.4) is 0 Å². The minimum Gasteiger partial charge on any atom is -0.399 e. The van der Waals surface area contributed by atoms with Crippen molar-refractivity contribution in [1.29, 1.82) is 0 Å². The zero-order valence-corrected chi connectivity index (χ0v) is 16.7. The highest BCUT2D eigenvalue weighted by atomic mass is 15.0. The summed E-state index contributed by atoms with van der Waals surface area (Å²) >= 11 is 0. The maximum atomic E-state index is 6.02. The maximum Gasteiger partial charge on any atom is 0.0541 e. The van der Waals surface area contributed by atoms with E-state index in [2.05, 4.69) is 47.3 Å². The summed E-state index contributed by atoms with van der Waals surface area (Å²) in [5.74, 6) is 0.649. The largest absolute Gasteiger partial charge is 0.399 e. The Labute approximate surface area is 162 Å². The Morgan fingerprint density at radius 1 is 1.22 bits per heavy atom. The third-order valence-electron chi connectivity index (χ3n) is 6.41. The molecule has 1 aromatic carbocycles. The second-order valence-corrected chi connectivity index (χ2v) is 7.98. The molecule has 0 radical (unpaired) electrons. The average Bonchev–Trinajstić information content (AvgIpc) is 2.89. The van der Waals surface area contributed by atoms with E-state index >= 15 is 0 Å². The van der Waals surface area contributed by atoms with E-state index in [0.29, 0.717) is 11.6 Å². The predicted molar refractivity (Wildman–Crippen MR) is 117 cm³/mol. The summed E-state index contributed by atoms with van der Waals surface area (Å²) in [6.45, 7) is 7.15. The number of fused-ring (bicyclic) bond motifs is 3. The molecule has 0 bridgehead atoms. The van der Waals surface area contributed by atoms with Crippen molar-refractivity contribution in [2.75, 3.05) is 7.05 Å². The minimum atomic E-state index is 0.641. The van der Waals surface area contributed by atoms with Crippen molar-refractivity contribution in [3.05, 3.63) is 47.7 Å². The first-order valence-corrected chi connectivity index (χ1v) is 10.4. The number of nitrogens with zero attached hydrogens (tertiary/aromatic N) is 2. The highest BCUT2D eigenvalue weighted by Crippen LogP contribution is 2.44. The topological polar surface area (TPSA) is 43.3 Å². The van der Waals surface area contributed by atoms with Gasteiger partial charge in [-0.15, -0.1) is 0 Å². The Bertz CT molecular complexity index is 936. The normalized spacial score (nSPS) is 21.6. The van der Waals surface area contributed by atoms with Crippen molar-refractivity contribution in [3.8, 4) is 0 Å². The lowest BCUT2D eigenvalue weighted by Gasteiger charge is -2.24. The van der Waals surface area contributed by atoms with Crippen molar-refractivity contribution >= 4 is 27.9 Å². The summed E-state index contributed by atoms with van der Waals surface area (Å²) in [7, 11) is 1.94. The van der Waals surface area contributed by atoms with Crippen LogP contribution >= 0.6 is 0 Å². The van der Waals surface area contributed by atoms with E-state index in [9.17, 15) is 0 Å². The van der Waals surface area contributed by atoms with E-state index in [1.807, 2.05) is 7.05 Å². The molecule has 0 atom stereocenters. The Kier molecular flexibility index (Phi) is 4.94. The van der Waals surface area contributed by atoms with Gasteiger partial charge in [0.25, 0.3) is 0 Å². The van der Waals surface area contributed by atoms with Crippen LogP contribution in [0.25, 0.3) is 22.2 Å². The molecule has 2 heterocycles. The second-order valence-electron chi connectivity index (χ2n) is 7.98. The van der Waals surface area contributed by atoms with Gasteiger partial charge in [0.05, 0.1) is 5.69 Å². The molecule has 0 unspecified atom stereocenters. The monoisotopic (exact) mass is 361 g/mol. The van der Waals surface area contributed by atoms with Crippen molar-refractivity contribution in [2.45, 2.75) is 64.3 Å². The third kappa shape index (κ3) is 3.03. The summed E-state index contributed by atoms with van der Waals surface area (Å²) in [6, 6.07) is 6.67. The standard InChI is InChI=1S/C24H31N3/c1-4-19-21(26-3)11-8-14-27-22-15-18(16(2)25)12-13-20(22)23(24(19)27)17-9-6-5-7-10-17/h4,12-13,15,17H,2,5-11,14,25H2,1,3H3/b19-4+,26-21?. The number of hydrogen-bond acceptors (Lipinski definition) is 2. The van der Waals surface area contributed by atoms with Crippen LogP contribution < -0.4 is 5.73 Å². The molecule has 0 amide bonds. The lowest BCUT2D eigenvalue weighted by molar-refractivity contribution is 0.444. The highest BCUT2D eigenvalue weighted by molar-refractivity contribution is 6.25. The fourth-order valence-corrected chi connectivity index (χ4v) is 5.11. The number of hydrogen-bond donors (Lipinski definition) is 1. The summed E-state index contributed by atoms with van der Waals surface area (Å²) in [5.41, 5.74) is 14.6. The Morgan fingerprint density at radius 2 is 2.00 bits per heavy atom. The van der Waals surface area contributed by atoms with Gasteiger partial charge in [0.2, 0.25) is 0 Å². The van der Waals surface area contributed by atoms with Gasteiger partial charge in [-0.1, -0.05) is 44.1 Å². The summed E-state index contributed by atoms with van der Waals surface area (Å²) in [6.07, 6.45) is 11.1. The molecule has 2 aliphatic rings. The zero-order chi connectivity index (χ0) is 19.0. The summed E-state index contributed by atoms with van der Waals surface area (Å²) < 4.78 is 2.54. The van der Waals surface area contributed by atoms with Gasteiger partial charge in [0.15, 0.2) is 0 Å². The summed E-state index contributed by atoms with van der Waals surface area (Å²) in [4.78, 5) is 4.66. The molecule has 1 saturated carbocycles. The molecular formula is C24H31N3. The Hall–Kier alpha value is -2.29. The average molecular weight is 362 g/mol. The van der Waals surface area contributed by atoms with E-state index in [-0.39, 0.29) is 0 Å². The molecule has 3 heteroatoms. The fraction of sp³-hybridized carbons (Fsp3) is 0.458. The van der Waals surface area contributed by atoms with Crippen LogP contribution in [0, 0.1) is 0 Å². The van der Waals surface area contributed by atoms with Gasteiger partial charge in [-0.25, -0.2) is 0 Å². The molecule has 1 aliphatic carbocycles. The molecule has 1 aliphatic heterocycles. The molecule has 2 aromatic rings. The molecule has 1 fully saturated rings. The van der Waals surface area contributed by atoms with E-state index < -0.39 is 0 Å². The summed E-state index contributed by atoms with van der Waals surface area (Å²) in [5, 5.41) is 1.40. The number of rotatable bonds is 2. The van der Waals surface area contributed by atoms with Crippen molar-refractivity contribution in [2.24, 2.45) is 10.7 Å². The van der Waals surface area contributed by atoms with Gasteiger partial charge < -0.3 is 10.3 Å². The van der Waals surface area contributed by atoms with Gasteiger partial charge in [-0.2, -0.15) is 0 Å². The molecule has 142 valence electrons. The molecule has 0 saturated heterocycles. The Morgan fingerprint density at radius 3 is 2.67 bits per heavy atom. The molecule has 3 nitrogen and oxygen atoms in total.